The Balaban J connectivity index is 1.44. The van der Waals surface area contributed by atoms with E-state index in [9.17, 15) is 19.6 Å². The highest BCUT2D eigenvalue weighted by molar-refractivity contribution is 8.03. The van der Waals surface area contributed by atoms with E-state index < -0.39 is 18.4 Å². The number of fused-ring (bicyclic) bond motifs is 2. The maximum atomic E-state index is 13.1. The molecule has 5 rings (SSSR count). The Morgan fingerprint density at radius 2 is 1.64 bits per heavy atom. The molecule has 0 bridgehead atoms. The number of para-hydroxylation sites is 2. The summed E-state index contributed by atoms with van der Waals surface area (Å²) in [6.45, 7) is -0.642. The largest absolute Gasteiger partial charge is 0.452 e. The van der Waals surface area contributed by atoms with E-state index in [2.05, 4.69) is 5.10 Å². The van der Waals surface area contributed by atoms with Crippen LogP contribution in [-0.4, -0.2) is 35.2 Å². The molecule has 0 atom stereocenters. The van der Waals surface area contributed by atoms with Crippen molar-refractivity contribution in [2.24, 2.45) is 0 Å². The number of esters is 1. The second-order valence-corrected chi connectivity index (χ2v) is 8.90. The lowest BCUT2D eigenvalue weighted by molar-refractivity contribution is -0.118. The molecule has 0 aliphatic carbocycles. The molecule has 176 valence electrons. The summed E-state index contributed by atoms with van der Waals surface area (Å²) in [5.41, 5.74) is 0.776. The smallest absolute Gasteiger partial charge is 0.359 e. The first kappa shape index (κ1) is 23.1. The molecule has 4 aromatic rings. The van der Waals surface area contributed by atoms with Crippen molar-refractivity contribution < 1.29 is 14.3 Å². The average Bonchev–Trinajstić information content (AvgIpc) is 3.24. The third-order valence-electron chi connectivity index (χ3n) is 5.68. The van der Waals surface area contributed by atoms with Crippen LogP contribution in [0.5, 0.6) is 0 Å². The first-order valence-corrected chi connectivity index (χ1v) is 11.7. The first-order chi connectivity index (χ1) is 17.5. The lowest BCUT2D eigenvalue weighted by Gasteiger charge is -2.15. The second-order valence-electron chi connectivity index (χ2n) is 7.87. The van der Waals surface area contributed by atoms with Crippen molar-refractivity contribution in [1.29, 1.82) is 5.26 Å². The van der Waals surface area contributed by atoms with Crippen LogP contribution in [0.3, 0.4) is 0 Å². The van der Waals surface area contributed by atoms with Crippen LogP contribution in [0.25, 0.3) is 16.5 Å². The lowest BCUT2D eigenvalue weighted by Crippen LogP contribution is -2.26. The summed E-state index contributed by atoms with van der Waals surface area (Å²) in [4.78, 5) is 41.7. The van der Waals surface area contributed by atoms with Crippen molar-refractivity contribution in [3.8, 4) is 11.8 Å². The molecular formula is C27H18N4O4S. The zero-order valence-corrected chi connectivity index (χ0v) is 19.9. The van der Waals surface area contributed by atoms with Crippen molar-refractivity contribution in [1.82, 2.24) is 9.78 Å². The zero-order chi connectivity index (χ0) is 25.2. The number of nitrogens with zero attached hydrogens (tertiary/aromatic N) is 4. The molecule has 1 aromatic heterocycles. The Morgan fingerprint density at radius 3 is 2.36 bits per heavy atom. The third-order valence-corrected chi connectivity index (χ3v) is 6.91. The molecule has 0 unspecified atom stereocenters. The number of carbonyl (C=O) groups excluding carboxylic acids is 2. The maximum absolute atomic E-state index is 13.1. The number of ether oxygens (including phenoxy) is 1. The fourth-order valence-electron chi connectivity index (χ4n) is 3.91. The molecular weight excluding hydrogens is 476 g/mol. The normalized spacial score (nSPS) is 13.7. The predicted octanol–water partition coefficient (Wildman–Crippen LogP) is 4.09. The van der Waals surface area contributed by atoms with Gasteiger partial charge in [0, 0.05) is 17.3 Å². The zero-order valence-electron chi connectivity index (χ0n) is 19.0. The Hall–Kier alpha value is -4.68. The molecule has 0 radical (unpaired) electrons. The quantitative estimate of drug-likeness (QED) is 0.232. The average molecular weight is 495 g/mol. The van der Waals surface area contributed by atoms with E-state index in [-0.39, 0.29) is 22.2 Å². The van der Waals surface area contributed by atoms with Gasteiger partial charge < -0.3 is 9.64 Å². The summed E-state index contributed by atoms with van der Waals surface area (Å²) in [6.07, 6.45) is 0. The molecule has 9 heteroatoms. The van der Waals surface area contributed by atoms with Crippen molar-refractivity contribution in [3.05, 3.63) is 106 Å². The number of Topliss-reactive ketones (excluding diaryl/α,β-unsaturated/α-hetero) is 1. The van der Waals surface area contributed by atoms with Gasteiger partial charge in [0.15, 0.2) is 12.3 Å². The minimum atomic E-state index is -0.873. The Labute approximate surface area is 210 Å². The summed E-state index contributed by atoms with van der Waals surface area (Å²) < 4.78 is 6.43. The van der Waals surface area contributed by atoms with Gasteiger partial charge in [-0.05, 0) is 30.3 Å². The van der Waals surface area contributed by atoms with Gasteiger partial charge in [-0.2, -0.15) is 15.0 Å². The van der Waals surface area contributed by atoms with Crippen LogP contribution in [0, 0.1) is 11.3 Å². The fraction of sp³-hybridized carbons (Fsp3) is 0.0741. The molecule has 0 spiro atoms. The monoisotopic (exact) mass is 494 g/mol. The van der Waals surface area contributed by atoms with E-state index in [0.717, 1.165) is 15.3 Å². The molecule has 1 aliphatic rings. The Morgan fingerprint density at radius 1 is 0.972 bits per heavy atom. The molecule has 0 saturated heterocycles. The molecule has 36 heavy (non-hydrogen) atoms. The minimum absolute atomic E-state index is 0.0985. The van der Waals surface area contributed by atoms with E-state index in [1.54, 1.807) is 66.5 Å². The van der Waals surface area contributed by atoms with E-state index in [1.165, 1.54) is 11.8 Å². The number of carbonyl (C=O) groups is 2. The minimum Gasteiger partial charge on any atom is -0.452 e. The Bertz CT molecular complexity index is 1650. The SMILES string of the molecule is CN1C(=C(C#N)C(=O)COC(=O)c2nn(-c3ccccc3)c(=O)c3ccccc23)Sc2ccccc21. The lowest BCUT2D eigenvalue weighted by atomic mass is 10.1. The van der Waals surface area contributed by atoms with Crippen LogP contribution in [0.2, 0.25) is 0 Å². The van der Waals surface area contributed by atoms with E-state index in [1.807, 2.05) is 30.3 Å². The van der Waals surface area contributed by atoms with E-state index in [4.69, 9.17) is 4.74 Å². The Kier molecular flexibility index (Phi) is 6.10. The summed E-state index contributed by atoms with van der Waals surface area (Å²) in [5.74, 6) is -1.50. The number of rotatable bonds is 5. The molecule has 0 saturated carbocycles. The molecule has 0 N–H and O–H groups in total. The van der Waals surface area contributed by atoms with Gasteiger partial charge in [0.05, 0.1) is 16.8 Å². The van der Waals surface area contributed by atoms with Crippen LogP contribution in [0.4, 0.5) is 5.69 Å². The number of ketones is 1. The van der Waals surface area contributed by atoms with Crippen LogP contribution >= 0.6 is 11.8 Å². The topological polar surface area (TPSA) is 105 Å². The molecule has 0 fully saturated rings. The highest BCUT2D eigenvalue weighted by atomic mass is 32.2. The summed E-state index contributed by atoms with van der Waals surface area (Å²) >= 11 is 1.31. The second kappa shape index (κ2) is 9.52. The van der Waals surface area contributed by atoms with Gasteiger partial charge in [-0.1, -0.05) is 60.3 Å². The third kappa shape index (κ3) is 4.04. The molecule has 0 amide bonds. The molecule has 1 aliphatic heterocycles. The number of anilines is 1. The summed E-state index contributed by atoms with van der Waals surface area (Å²) in [6, 6.07) is 24.8. The number of thioether (sulfide) groups is 1. The van der Waals surface area contributed by atoms with Gasteiger partial charge in [0.2, 0.25) is 5.78 Å². The van der Waals surface area contributed by atoms with Crippen LogP contribution in [0.15, 0.2) is 99.2 Å². The molecule has 8 nitrogen and oxygen atoms in total. The van der Waals surface area contributed by atoms with Gasteiger partial charge in [-0.25, -0.2) is 4.79 Å². The van der Waals surface area contributed by atoms with E-state index >= 15 is 0 Å². The van der Waals surface area contributed by atoms with Crippen molar-refractivity contribution in [2.75, 3.05) is 18.6 Å². The number of nitriles is 1. The van der Waals surface area contributed by atoms with Crippen molar-refractivity contribution >= 4 is 40.0 Å². The van der Waals surface area contributed by atoms with Gasteiger partial charge in [0.25, 0.3) is 5.56 Å². The van der Waals surface area contributed by atoms with Crippen molar-refractivity contribution in [2.45, 2.75) is 4.90 Å². The van der Waals surface area contributed by atoms with Gasteiger partial charge in [-0.15, -0.1) is 0 Å². The van der Waals surface area contributed by atoms with Crippen LogP contribution in [-0.2, 0) is 9.53 Å². The standard InChI is InChI=1S/C27H18N4O4S/c1-30-21-13-7-8-14-23(21)36-26(30)20(15-28)22(32)16-35-27(34)24-18-11-5-6-12-19(18)25(33)31(29-24)17-9-3-2-4-10-17/h2-14H,16H2,1H3. The summed E-state index contributed by atoms with van der Waals surface area (Å²) in [5, 5.41) is 15.0. The van der Waals surface area contributed by atoms with E-state index in [0.29, 0.717) is 16.1 Å². The first-order valence-electron chi connectivity index (χ1n) is 10.9. The summed E-state index contributed by atoms with van der Waals surface area (Å²) in [7, 11) is 1.77. The van der Waals surface area contributed by atoms with Gasteiger partial charge in [0.1, 0.15) is 16.7 Å². The highest BCUT2D eigenvalue weighted by Gasteiger charge is 2.29. The van der Waals surface area contributed by atoms with Gasteiger partial charge >= 0.3 is 5.97 Å². The van der Waals surface area contributed by atoms with Crippen LogP contribution in [0.1, 0.15) is 10.5 Å². The van der Waals surface area contributed by atoms with Crippen molar-refractivity contribution in [3.63, 3.8) is 0 Å². The molecule has 2 heterocycles. The number of aromatic nitrogens is 2. The molecule has 3 aromatic carbocycles. The maximum Gasteiger partial charge on any atom is 0.359 e. The predicted molar refractivity (Wildman–Crippen MR) is 136 cm³/mol. The van der Waals surface area contributed by atoms with Crippen LogP contribution < -0.4 is 10.5 Å². The number of hydrogen-bond acceptors (Lipinski definition) is 8. The number of benzene rings is 3. The highest BCUT2D eigenvalue weighted by Crippen LogP contribution is 2.46. The fourth-order valence-corrected chi connectivity index (χ4v) is 5.07. The van der Waals surface area contributed by atoms with Gasteiger partial charge in [-0.3, -0.25) is 9.59 Å². The number of hydrogen-bond donors (Lipinski definition) is 0.